The number of aryl methyl sites for hydroxylation is 4. The maximum Gasteiger partial charge on any atom is 0.277 e. The minimum Gasteiger partial charge on any atom is -0.493 e. The normalized spacial score (nSPS) is 10.9. The lowest BCUT2D eigenvalue weighted by atomic mass is 10.1. The molecule has 0 unspecified atom stereocenters. The number of benzene rings is 5. The molecule has 12 heteroatoms. The smallest absolute Gasteiger partial charge is 0.277 e. The Labute approximate surface area is 358 Å². The van der Waals surface area contributed by atoms with Crippen molar-refractivity contribution in [2.45, 2.75) is 53.8 Å². The van der Waals surface area contributed by atoms with Crippen molar-refractivity contribution in [1.29, 1.82) is 0 Å². The molecule has 0 aliphatic rings. The highest BCUT2D eigenvalue weighted by atomic mass is 16.5. The zero-order valence-electron chi connectivity index (χ0n) is 35.7. The highest BCUT2D eigenvalue weighted by Gasteiger charge is 2.16. The SMILES string of the molecule is CCc1ccc(-c2nc3ccccc3n(CC)c2=O)cc1.CCn1c(=O)c(-c2ccc(OC)c(OC)c2)nc2ccccc21.CCn1c(=O)c(-c2ccoc2)nc2ccccc21. The molecule has 4 heterocycles. The topological polar surface area (TPSA) is 136 Å². The van der Waals surface area contributed by atoms with Gasteiger partial charge >= 0.3 is 0 Å². The summed E-state index contributed by atoms with van der Waals surface area (Å²) in [5.74, 6) is 1.19. The van der Waals surface area contributed by atoms with Gasteiger partial charge in [0.25, 0.3) is 16.7 Å². The summed E-state index contributed by atoms with van der Waals surface area (Å²) >= 11 is 0. The predicted octanol–water partition coefficient (Wildman–Crippen LogP) is 9.42. The zero-order valence-corrected chi connectivity index (χ0v) is 35.7. The average molecular weight is 829 g/mol. The number of methoxy groups -OCH3 is 2. The van der Waals surface area contributed by atoms with Gasteiger partial charge in [0, 0.05) is 36.3 Å². The lowest BCUT2D eigenvalue weighted by molar-refractivity contribution is 0.355. The lowest BCUT2D eigenvalue weighted by Crippen LogP contribution is -2.22. The second kappa shape index (κ2) is 19.2. The summed E-state index contributed by atoms with van der Waals surface area (Å²) in [5, 5.41) is 0. The molecule has 0 bridgehead atoms. The first-order valence-corrected chi connectivity index (χ1v) is 20.6. The first kappa shape index (κ1) is 42.5. The van der Waals surface area contributed by atoms with Crippen molar-refractivity contribution in [3.63, 3.8) is 0 Å². The molecule has 314 valence electrons. The number of furan rings is 1. The summed E-state index contributed by atoms with van der Waals surface area (Å²) in [6.07, 6.45) is 4.07. The van der Waals surface area contributed by atoms with E-state index in [-0.39, 0.29) is 16.7 Å². The monoisotopic (exact) mass is 828 g/mol. The molecule has 0 aliphatic carbocycles. The molecule has 0 atom stereocenters. The number of nitrogens with zero attached hydrogens (tertiary/aromatic N) is 6. The minimum absolute atomic E-state index is 0.0274. The molecule has 0 aliphatic heterocycles. The van der Waals surface area contributed by atoms with Crippen LogP contribution in [0.1, 0.15) is 33.3 Å². The van der Waals surface area contributed by atoms with Crippen LogP contribution in [0.4, 0.5) is 0 Å². The molecule has 0 amide bonds. The van der Waals surface area contributed by atoms with E-state index >= 15 is 0 Å². The Kier molecular flexibility index (Phi) is 13.2. The Morgan fingerprint density at radius 3 is 1.31 bits per heavy atom. The third kappa shape index (κ3) is 8.53. The van der Waals surface area contributed by atoms with E-state index in [0.717, 1.165) is 45.1 Å². The van der Waals surface area contributed by atoms with E-state index in [1.807, 2.05) is 112 Å². The number of para-hydroxylation sites is 6. The van der Waals surface area contributed by atoms with Crippen molar-refractivity contribution < 1.29 is 13.9 Å². The molecule has 4 aromatic heterocycles. The summed E-state index contributed by atoms with van der Waals surface area (Å²) < 4.78 is 20.8. The Morgan fingerprint density at radius 2 is 0.903 bits per heavy atom. The van der Waals surface area contributed by atoms with Crippen LogP contribution >= 0.6 is 0 Å². The van der Waals surface area contributed by atoms with Crippen LogP contribution < -0.4 is 26.2 Å². The molecule has 0 saturated carbocycles. The van der Waals surface area contributed by atoms with Crippen LogP contribution in [0.5, 0.6) is 11.5 Å². The number of ether oxygens (including phenoxy) is 2. The summed E-state index contributed by atoms with van der Waals surface area (Å²) in [7, 11) is 3.15. The fraction of sp³-hybridized carbons (Fsp3) is 0.200. The third-order valence-corrected chi connectivity index (χ3v) is 10.6. The van der Waals surface area contributed by atoms with Gasteiger partial charge in [-0.1, -0.05) is 67.6 Å². The zero-order chi connectivity index (χ0) is 43.8. The summed E-state index contributed by atoms with van der Waals surface area (Å²) in [6.45, 7) is 9.85. The van der Waals surface area contributed by atoms with Gasteiger partial charge < -0.3 is 27.6 Å². The minimum atomic E-state index is -0.113. The maximum absolute atomic E-state index is 12.8. The third-order valence-electron chi connectivity index (χ3n) is 10.6. The fourth-order valence-electron chi connectivity index (χ4n) is 7.36. The van der Waals surface area contributed by atoms with Gasteiger partial charge in [-0.05, 0) is 93.4 Å². The van der Waals surface area contributed by atoms with Gasteiger partial charge in [0.05, 0.1) is 59.8 Å². The Hall–Kier alpha value is -7.60. The first-order chi connectivity index (χ1) is 30.2. The van der Waals surface area contributed by atoms with Gasteiger partial charge in [-0.3, -0.25) is 14.4 Å². The first-order valence-electron chi connectivity index (χ1n) is 20.6. The molecule has 0 fully saturated rings. The van der Waals surface area contributed by atoms with Crippen LogP contribution in [0.2, 0.25) is 0 Å². The largest absolute Gasteiger partial charge is 0.493 e. The molecule has 12 nitrogen and oxygen atoms in total. The molecule has 9 aromatic rings. The van der Waals surface area contributed by atoms with E-state index < -0.39 is 0 Å². The Morgan fingerprint density at radius 1 is 0.484 bits per heavy atom. The molecule has 9 rings (SSSR count). The van der Waals surface area contributed by atoms with Crippen LogP contribution in [-0.4, -0.2) is 42.9 Å². The van der Waals surface area contributed by atoms with Crippen molar-refractivity contribution in [1.82, 2.24) is 28.7 Å². The van der Waals surface area contributed by atoms with E-state index in [2.05, 4.69) is 34.0 Å². The molecule has 0 radical (unpaired) electrons. The molecule has 5 aromatic carbocycles. The van der Waals surface area contributed by atoms with Crippen molar-refractivity contribution >= 4 is 33.1 Å². The number of rotatable bonds is 9. The second-order valence-electron chi connectivity index (χ2n) is 14.1. The van der Waals surface area contributed by atoms with Crippen LogP contribution in [-0.2, 0) is 26.1 Å². The van der Waals surface area contributed by atoms with Crippen LogP contribution in [0.25, 0.3) is 66.9 Å². The fourth-order valence-corrected chi connectivity index (χ4v) is 7.36. The number of hydrogen-bond acceptors (Lipinski definition) is 9. The van der Waals surface area contributed by atoms with Gasteiger partial charge in [-0.25, -0.2) is 15.0 Å². The lowest BCUT2D eigenvalue weighted by Gasteiger charge is -2.12. The van der Waals surface area contributed by atoms with E-state index in [9.17, 15) is 14.4 Å². The van der Waals surface area contributed by atoms with Crippen molar-refractivity contribution in [3.05, 3.63) is 170 Å². The van der Waals surface area contributed by atoms with Gasteiger partial charge in [-0.15, -0.1) is 0 Å². The predicted molar refractivity (Wildman–Crippen MR) is 246 cm³/mol. The van der Waals surface area contributed by atoms with Gasteiger partial charge in [-0.2, -0.15) is 0 Å². The molecule has 0 N–H and O–H groups in total. The Balaban J connectivity index is 0.000000141. The molecule has 0 saturated heterocycles. The number of fused-ring (bicyclic) bond motifs is 3. The Bertz CT molecular complexity index is 3170. The van der Waals surface area contributed by atoms with Crippen molar-refractivity contribution in [2.24, 2.45) is 0 Å². The second-order valence-corrected chi connectivity index (χ2v) is 14.1. The molecule has 0 spiro atoms. The van der Waals surface area contributed by atoms with Crippen LogP contribution in [0.3, 0.4) is 0 Å². The number of hydrogen-bond donors (Lipinski definition) is 0. The van der Waals surface area contributed by atoms with E-state index in [1.54, 1.807) is 58.6 Å². The quantitative estimate of drug-likeness (QED) is 0.139. The van der Waals surface area contributed by atoms with Crippen LogP contribution in [0.15, 0.2) is 153 Å². The summed E-state index contributed by atoms with van der Waals surface area (Å²) in [4.78, 5) is 51.4. The van der Waals surface area contributed by atoms with E-state index in [0.29, 0.717) is 59.3 Å². The van der Waals surface area contributed by atoms with Crippen LogP contribution in [0, 0.1) is 0 Å². The van der Waals surface area contributed by atoms with Gasteiger partial charge in [0.2, 0.25) is 0 Å². The van der Waals surface area contributed by atoms with Gasteiger partial charge in [0.15, 0.2) is 11.5 Å². The van der Waals surface area contributed by atoms with Crippen molar-refractivity contribution in [3.8, 4) is 45.3 Å². The highest BCUT2D eigenvalue weighted by Crippen LogP contribution is 2.31. The van der Waals surface area contributed by atoms with Crippen molar-refractivity contribution in [2.75, 3.05) is 14.2 Å². The number of aromatic nitrogens is 6. The summed E-state index contributed by atoms with van der Waals surface area (Å²) in [6, 6.07) is 38.3. The summed E-state index contributed by atoms with van der Waals surface area (Å²) in [5.41, 5.74) is 9.75. The molecular weight excluding hydrogens is 781 g/mol. The molecular formula is C50H48N6O6. The average Bonchev–Trinajstić information content (AvgIpc) is 3.86. The standard InChI is InChI=1S/C18H18N2O3.C18H18N2O.C14H12N2O2/c1-4-20-14-8-6-5-7-13(14)19-17(18(20)21)12-9-10-15(22-2)16(11-12)23-3;1-3-13-9-11-14(12-10-13)17-18(21)20(4-2)16-8-6-5-7-15(16)19-17;1-2-16-12-6-4-3-5-11(12)15-13(14(16)17)10-7-8-18-9-10/h5-11H,4H2,1-3H3;5-12H,3-4H2,1-2H3;3-9H,2H2,1H3. The van der Waals surface area contributed by atoms with E-state index in [4.69, 9.17) is 13.9 Å². The molecule has 62 heavy (non-hydrogen) atoms. The maximum atomic E-state index is 12.8. The van der Waals surface area contributed by atoms with E-state index in [1.165, 1.54) is 5.56 Å². The van der Waals surface area contributed by atoms with Gasteiger partial charge in [0.1, 0.15) is 17.1 Å². The highest BCUT2D eigenvalue weighted by molar-refractivity contribution is 5.80.